The minimum absolute atomic E-state index is 0.0101. The third kappa shape index (κ3) is 2.28. The van der Waals surface area contributed by atoms with Gasteiger partial charge < -0.3 is 4.74 Å². The predicted molar refractivity (Wildman–Crippen MR) is 57.3 cm³/mol. The van der Waals surface area contributed by atoms with Gasteiger partial charge in [0.2, 0.25) is 0 Å². The second kappa shape index (κ2) is 4.17. The van der Waals surface area contributed by atoms with Crippen LogP contribution in [0.25, 0.3) is 0 Å². The molecule has 0 N–H and O–H groups in total. The number of carbonyl (C=O) groups is 2. The van der Waals surface area contributed by atoms with E-state index in [0.717, 1.165) is 5.57 Å². The van der Waals surface area contributed by atoms with E-state index >= 15 is 0 Å². The molecule has 0 heterocycles. The number of hydrogen-bond acceptors (Lipinski definition) is 3. The third-order valence-corrected chi connectivity index (χ3v) is 3.09. The Morgan fingerprint density at radius 1 is 1.53 bits per heavy atom. The van der Waals surface area contributed by atoms with Gasteiger partial charge in [0.1, 0.15) is 0 Å². The lowest BCUT2D eigenvalue weighted by Crippen LogP contribution is -2.29. The number of ketones is 1. The lowest BCUT2D eigenvalue weighted by atomic mass is 9.76. The van der Waals surface area contributed by atoms with Crippen molar-refractivity contribution in [3.05, 3.63) is 11.6 Å². The first-order valence-corrected chi connectivity index (χ1v) is 5.27. The molecule has 0 spiro atoms. The van der Waals surface area contributed by atoms with Crippen molar-refractivity contribution >= 4 is 11.8 Å². The lowest BCUT2D eigenvalue weighted by Gasteiger charge is -2.26. The van der Waals surface area contributed by atoms with Crippen LogP contribution in [0.3, 0.4) is 0 Å². The highest BCUT2D eigenvalue weighted by molar-refractivity contribution is 5.98. The van der Waals surface area contributed by atoms with Gasteiger partial charge in [0.25, 0.3) is 0 Å². The molecule has 1 unspecified atom stereocenters. The van der Waals surface area contributed by atoms with Crippen molar-refractivity contribution in [2.75, 3.05) is 6.61 Å². The first-order valence-electron chi connectivity index (χ1n) is 5.27. The summed E-state index contributed by atoms with van der Waals surface area (Å²) in [6.07, 6.45) is 1.94. The van der Waals surface area contributed by atoms with E-state index in [-0.39, 0.29) is 17.7 Å². The summed E-state index contributed by atoms with van der Waals surface area (Å²) in [7, 11) is 0. The fourth-order valence-corrected chi connectivity index (χ4v) is 2.04. The molecule has 0 fully saturated rings. The van der Waals surface area contributed by atoms with Crippen LogP contribution in [0.2, 0.25) is 0 Å². The number of carbonyl (C=O) groups excluding carboxylic acids is 2. The van der Waals surface area contributed by atoms with Gasteiger partial charge >= 0.3 is 5.97 Å². The van der Waals surface area contributed by atoms with Crippen LogP contribution in [0, 0.1) is 11.3 Å². The van der Waals surface area contributed by atoms with E-state index in [0.29, 0.717) is 13.0 Å². The van der Waals surface area contributed by atoms with Crippen molar-refractivity contribution in [2.24, 2.45) is 11.3 Å². The first-order chi connectivity index (χ1) is 6.89. The Bertz CT molecular complexity index is 313. The van der Waals surface area contributed by atoms with Crippen LogP contribution in [0.5, 0.6) is 0 Å². The number of esters is 1. The van der Waals surface area contributed by atoms with Gasteiger partial charge in [0, 0.05) is 11.3 Å². The van der Waals surface area contributed by atoms with Crippen LogP contribution in [-0.2, 0) is 14.3 Å². The number of ether oxygens (including phenoxy) is 1. The second-order valence-corrected chi connectivity index (χ2v) is 4.54. The van der Waals surface area contributed by atoms with E-state index in [9.17, 15) is 9.59 Å². The molecule has 1 aliphatic rings. The minimum Gasteiger partial charge on any atom is -0.466 e. The second-order valence-electron chi connectivity index (χ2n) is 4.54. The molecule has 1 rings (SSSR count). The quantitative estimate of drug-likeness (QED) is 0.670. The zero-order chi connectivity index (χ0) is 11.6. The molecule has 0 saturated carbocycles. The minimum atomic E-state index is -0.461. The summed E-state index contributed by atoms with van der Waals surface area (Å²) in [5.74, 6) is -0.128. The fraction of sp³-hybridized carbons (Fsp3) is 0.667. The van der Waals surface area contributed by atoms with Crippen LogP contribution in [0.1, 0.15) is 34.1 Å². The third-order valence-electron chi connectivity index (χ3n) is 3.09. The predicted octanol–water partition coefficient (Wildman–Crippen LogP) is 2.11. The number of allylic oxidation sites excluding steroid dienone is 2. The maximum atomic E-state index is 11.6. The zero-order valence-corrected chi connectivity index (χ0v) is 9.79. The molecule has 0 aromatic rings. The van der Waals surface area contributed by atoms with Crippen molar-refractivity contribution in [2.45, 2.75) is 34.1 Å². The normalized spacial score (nSPS) is 23.9. The lowest BCUT2D eigenvalue weighted by molar-refractivity contribution is -0.145. The molecule has 0 aromatic heterocycles. The zero-order valence-electron chi connectivity index (χ0n) is 9.79. The van der Waals surface area contributed by atoms with Gasteiger partial charge in [0.05, 0.1) is 13.0 Å². The highest BCUT2D eigenvalue weighted by Crippen LogP contribution is 2.41. The van der Waals surface area contributed by atoms with E-state index in [2.05, 4.69) is 0 Å². The molecular formula is C12H18O3. The highest BCUT2D eigenvalue weighted by atomic mass is 16.5. The summed E-state index contributed by atoms with van der Waals surface area (Å²) in [6.45, 7) is 7.84. The molecule has 1 atom stereocenters. The first kappa shape index (κ1) is 12.0. The van der Waals surface area contributed by atoms with Crippen LogP contribution in [-0.4, -0.2) is 18.4 Å². The summed E-state index contributed by atoms with van der Waals surface area (Å²) in [5, 5.41) is 0. The van der Waals surface area contributed by atoms with E-state index in [4.69, 9.17) is 4.74 Å². The van der Waals surface area contributed by atoms with Gasteiger partial charge in [-0.15, -0.1) is 0 Å². The Kier molecular flexibility index (Phi) is 3.32. The molecule has 1 aliphatic carbocycles. The van der Waals surface area contributed by atoms with E-state index in [1.165, 1.54) is 0 Å². The summed E-state index contributed by atoms with van der Waals surface area (Å²) < 4.78 is 4.90. The van der Waals surface area contributed by atoms with Crippen molar-refractivity contribution < 1.29 is 14.3 Å². The largest absolute Gasteiger partial charge is 0.466 e. The fourth-order valence-electron chi connectivity index (χ4n) is 2.04. The van der Waals surface area contributed by atoms with Gasteiger partial charge in [-0.05, 0) is 19.9 Å². The van der Waals surface area contributed by atoms with Gasteiger partial charge in [0.15, 0.2) is 5.78 Å². The van der Waals surface area contributed by atoms with Gasteiger partial charge in [-0.3, -0.25) is 9.59 Å². The Balaban J connectivity index is 2.74. The van der Waals surface area contributed by atoms with E-state index in [1.54, 1.807) is 13.0 Å². The molecule has 15 heavy (non-hydrogen) atoms. The van der Waals surface area contributed by atoms with Crippen LogP contribution < -0.4 is 0 Å². The standard InChI is InChI=1S/C12H18O3/c1-5-15-11(14)7-9-8(2)6-10(13)12(9,3)4/h6,9H,5,7H2,1-4H3. The van der Waals surface area contributed by atoms with Gasteiger partial charge in [-0.2, -0.15) is 0 Å². The monoisotopic (exact) mass is 210 g/mol. The van der Waals surface area contributed by atoms with Gasteiger partial charge in [-0.25, -0.2) is 0 Å². The Hall–Kier alpha value is -1.12. The maximum absolute atomic E-state index is 11.6. The Morgan fingerprint density at radius 3 is 2.53 bits per heavy atom. The maximum Gasteiger partial charge on any atom is 0.306 e. The number of hydrogen-bond donors (Lipinski definition) is 0. The molecule has 0 radical (unpaired) electrons. The molecule has 0 saturated heterocycles. The Labute approximate surface area is 90.5 Å². The average molecular weight is 210 g/mol. The SMILES string of the molecule is CCOC(=O)CC1C(C)=CC(=O)C1(C)C. The summed E-state index contributed by atoms with van der Waals surface area (Å²) in [5.41, 5.74) is 0.523. The summed E-state index contributed by atoms with van der Waals surface area (Å²) >= 11 is 0. The number of rotatable bonds is 3. The summed E-state index contributed by atoms with van der Waals surface area (Å²) in [4.78, 5) is 23.0. The topological polar surface area (TPSA) is 43.4 Å². The molecule has 3 nitrogen and oxygen atoms in total. The van der Waals surface area contributed by atoms with E-state index in [1.807, 2.05) is 20.8 Å². The van der Waals surface area contributed by atoms with Crippen LogP contribution in [0.15, 0.2) is 11.6 Å². The molecule has 0 bridgehead atoms. The molecule has 3 heteroatoms. The average Bonchev–Trinajstić information content (AvgIpc) is 2.29. The Morgan fingerprint density at radius 2 is 2.13 bits per heavy atom. The molecular weight excluding hydrogens is 192 g/mol. The van der Waals surface area contributed by atoms with Crippen LogP contribution >= 0.6 is 0 Å². The highest BCUT2D eigenvalue weighted by Gasteiger charge is 2.42. The van der Waals surface area contributed by atoms with Crippen molar-refractivity contribution in [3.8, 4) is 0 Å². The molecule has 0 aliphatic heterocycles. The smallest absolute Gasteiger partial charge is 0.306 e. The summed E-state index contributed by atoms with van der Waals surface area (Å²) in [6, 6.07) is 0. The van der Waals surface area contributed by atoms with Crippen molar-refractivity contribution in [3.63, 3.8) is 0 Å². The van der Waals surface area contributed by atoms with Crippen molar-refractivity contribution in [1.29, 1.82) is 0 Å². The van der Waals surface area contributed by atoms with Crippen molar-refractivity contribution in [1.82, 2.24) is 0 Å². The van der Waals surface area contributed by atoms with Crippen LogP contribution in [0.4, 0.5) is 0 Å². The van der Waals surface area contributed by atoms with E-state index < -0.39 is 5.41 Å². The molecule has 0 aromatic carbocycles. The molecule has 84 valence electrons. The van der Waals surface area contributed by atoms with Gasteiger partial charge in [-0.1, -0.05) is 19.4 Å². The molecule has 0 amide bonds.